The van der Waals surface area contributed by atoms with Crippen LogP contribution in [0.1, 0.15) is 24.0 Å². The number of ether oxygens (including phenoxy) is 1. The number of benzene rings is 1. The molecule has 5 heteroatoms. The monoisotopic (exact) mass is 277 g/mol. The number of nitrogens with zero attached hydrogens (tertiary/aromatic N) is 1. The molecule has 0 spiro atoms. The summed E-state index contributed by atoms with van der Waals surface area (Å²) in [7, 11) is 3.58. The molecule has 1 aromatic rings. The standard InChI is InChI=1S/C15H23N3O2/c1-18(10-15(19)17-13-4-5-13)9-11-3-6-14(20-2)12(7-11)8-16/h3,6-7,13H,4-5,8-10,16H2,1-2H3,(H,17,19). The average molecular weight is 277 g/mol. The van der Waals surface area contributed by atoms with Gasteiger partial charge in [-0.05, 0) is 37.6 Å². The largest absolute Gasteiger partial charge is 0.496 e. The average Bonchev–Trinajstić information content (AvgIpc) is 3.22. The van der Waals surface area contributed by atoms with Crippen LogP contribution >= 0.6 is 0 Å². The smallest absolute Gasteiger partial charge is 0.234 e. The minimum atomic E-state index is 0.0996. The lowest BCUT2D eigenvalue weighted by atomic mass is 10.1. The molecule has 3 N–H and O–H groups in total. The van der Waals surface area contributed by atoms with Crippen molar-refractivity contribution in [3.63, 3.8) is 0 Å². The Morgan fingerprint density at radius 3 is 2.85 bits per heavy atom. The van der Waals surface area contributed by atoms with Crippen LogP contribution in [0, 0.1) is 0 Å². The summed E-state index contributed by atoms with van der Waals surface area (Å²) in [4.78, 5) is 13.7. The van der Waals surface area contributed by atoms with E-state index in [1.54, 1.807) is 7.11 Å². The number of hydrogen-bond donors (Lipinski definition) is 2. The predicted molar refractivity (Wildman–Crippen MR) is 78.4 cm³/mol. The Bertz CT molecular complexity index is 472. The Labute approximate surface area is 120 Å². The molecule has 5 nitrogen and oxygen atoms in total. The second-order valence-electron chi connectivity index (χ2n) is 5.36. The lowest BCUT2D eigenvalue weighted by Crippen LogP contribution is -2.35. The van der Waals surface area contributed by atoms with Crippen molar-refractivity contribution < 1.29 is 9.53 Å². The van der Waals surface area contributed by atoms with Crippen molar-refractivity contribution in [2.45, 2.75) is 32.0 Å². The fourth-order valence-electron chi connectivity index (χ4n) is 2.20. The first-order chi connectivity index (χ1) is 9.62. The number of amides is 1. The second kappa shape index (κ2) is 6.72. The summed E-state index contributed by atoms with van der Waals surface area (Å²) in [5.41, 5.74) is 7.83. The zero-order valence-corrected chi connectivity index (χ0v) is 12.2. The number of methoxy groups -OCH3 is 1. The van der Waals surface area contributed by atoms with Gasteiger partial charge in [-0.25, -0.2) is 0 Å². The van der Waals surface area contributed by atoms with Gasteiger partial charge in [-0.2, -0.15) is 0 Å². The molecule has 1 aliphatic rings. The van der Waals surface area contributed by atoms with Gasteiger partial charge >= 0.3 is 0 Å². The molecule has 0 bridgehead atoms. The van der Waals surface area contributed by atoms with Gasteiger partial charge in [-0.1, -0.05) is 6.07 Å². The number of rotatable bonds is 7. The summed E-state index contributed by atoms with van der Waals surface area (Å²) in [6.45, 7) is 1.58. The molecule has 1 fully saturated rings. The summed E-state index contributed by atoms with van der Waals surface area (Å²) in [5, 5.41) is 2.99. The number of carbonyl (C=O) groups excluding carboxylic acids is 1. The molecule has 1 aromatic carbocycles. The highest BCUT2D eigenvalue weighted by molar-refractivity contribution is 5.78. The van der Waals surface area contributed by atoms with E-state index in [1.165, 1.54) is 0 Å². The van der Waals surface area contributed by atoms with Crippen molar-refractivity contribution in [1.82, 2.24) is 10.2 Å². The minimum Gasteiger partial charge on any atom is -0.496 e. The number of hydrogen-bond acceptors (Lipinski definition) is 4. The SMILES string of the molecule is COc1ccc(CN(C)CC(=O)NC2CC2)cc1CN. The molecular weight excluding hydrogens is 254 g/mol. The van der Waals surface area contributed by atoms with E-state index in [0.717, 1.165) is 36.3 Å². The highest BCUT2D eigenvalue weighted by atomic mass is 16.5. The third kappa shape index (κ3) is 4.21. The first-order valence-electron chi connectivity index (χ1n) is 6.96. The molecule has 0 saturated heterocycles. The summed E-state index contributed by atoms with van der Waals surface area (Å²) in [6, 6.07) is 6.39. The van der Waals surface area contributed by atoms with Crippen LogP contribution in [-0.2, 0) is 17.9 Å². The zero-order chi connectivity index (χ0) is 14.5. The van der Waals surface area contributed by atoms with E-state index in [9.17, 15) is 4.79 Å². The molecule has 0 heterocycles. The second-order valence-corrected chi connectivity index (χ2v) is 5.36. The van der Waals surface area contributed by atoms with Crippen molar-refractivity contribution in [2.24, 2.45) is 5.73 Å². The van der Waals surface area contributed by atoms with Crippen molar-refractivity contribution in [2.75, 3.05) is 20.7 Å². The van der Waals surface area contributed by atoms with Crippen molar-refractivity contribution in [1.29, 1.82) is 0 Å². The molecule has 0 aliphatic heterocycles. The Hall–Kier alpha value is -1.59. The Morgan fingerprint density at radius 2 is 2.25 bits per heavy atom. The lowest BCUT2D eigenvalue weighted by molar-refractivity contribution is -0.122. The van der Waals surface area contributed by atoms with E-state index < -0.39 is 0 Å². The number of likely N-dealkylation sites (N-methyl/N-ethyl adjacent to an activating group) is 1. The molecular formula is C15H23N3O2. The Balaban J connectivity index is 1.89. The predicted octanol–water partition coefficient (Wildman–Crippen LogP) is 0.864. The van der Waals surface area contributed by atoms with Crippen LogP contribution in [-0.4, -0.2) is 37.6 Å². The summed E-state index contributed by atoms with van der Waals surface area (Å²) < 4.78 is 5.25. The minimum absolute atomic E-state index is 0.0996. The molecule has 0 radical (unpaired) electrons. The Kier molecular flexibility index (Phi) is 4.98. The van der Waals surface area contributed by atoms with E-state index >= 15 is 0 Å². The van der Waals surface area contributed by atoms with Gasteiger partial charge in [-0.3, -0.25) is 9.69 Å². The van der Waals surface area contributed by atoms with Crippen molar-refractivity contribution in [3.05, 3.63) is 29.3 Å². The lowest BCUT2D eigenvalue weighted by Gasteiger charge is -2.17. The first-order valence-corrected chi connectivity index (χ1v) is 6.96. The molecule has 110 valence electrons. The van der Waals surface area contributed by atoms with Gasteiger partial charge in [0.05, 0.1) is 13.7 Å². The molecule has 0 unspecified atom stereocenters. The molecule has 1 amide bonds. The van der Waals surface area contributed by atoms with Gasteiger partial charge < -0.3 is 15.8 Å². The quantitative estimate of drug-likeness (QED) is 0.776. The molecule has 0 atom stereocenters. The van der Waals surface area contributed by atoms with Crippen LogP contribution in [0.25, 0.3) is 0 Å². The fraction of sp³-hybridized carbons (Fsp3) is 0.533. The maximum atomic E-state index is 11.7. The van der Waals surface area contributed by atoms with Crippen LogP contribution in [0.5, 0.6) is 5.75 Å². The van der Waals surface area contributed by atoms with Gasteiger partial charge in [0.1, 0.15) is 5.75 Å². The number of nitrogens with one attached hydrogen (secondary N) is 1. The van der Waals surface area contributed by atoms with Gasteiger partial charge in [0.25, 0.3) is 0 Å². The molecule has 2 rings (SSSR count). The topological polar surface area (TPSA) is 67.6 Å². The van der Waals surface area contributed by atoms with Crippen LogP contribution in [0.2, 0.25) is 0 Å². The summed E-state index contributed by atoms with van der Waals surface area (Å²) >= 11 is 0. The third-order valence-electron chi connectivity index (χ3n) is 3.37. The number of nitrogens with two attached hydrogens (primary N) is 1. The van der Waals surface area contributed by atoms with Crippen LogP contribution < -0.4 is 15.8 Å². The van der Waals surface area contributed by atoms with Gasteiger partial charge in [-0.15, -0.1) is 0 Å². The number of carbonyl (C=O) groups is 1. The van der Waals surface area contributed by atoms with Crippen LogP contribution in [0.15, 0.2) is 18.2 Å². The zero-order valence-electron chi connectivity index (χ0n) is 12.2. The van der Waals surface area contributed by atoms with E-state index in [2.05, 4.69) is 5.32 Å². The maximum absolute atomic E-state index is 11.7. The van der Waals surface area contributed by atoms with Gasteiger partial charge in [0.2, 0.25) is 5.91 Å². The van der Waals surface area contributed by atoms with E-state index in [1.807, 2.05) is 30.1 Å². The van der Waals surface area contributed by atoms with Crippen molar-refractivity contribution in [3.8, 4) is 5.75 Å². The highest BCUT2D eigenvalue weighted by Gasteiger charge is 2.23. The van der Waals surface area contributed by atoms with Crippen LogP contribution in [0.4, 0.5) is 0 Å². The molecule has 20 heavy (non-hydrogen) atoms. The Morgan fingerprint density at radius 1 is 1.50 bits per heavy atom. The van der Waals surface area contributed by atoms with E-state index in [-0.39, 0.29) is 5.91 Å². The summed E-state index contributed by atoms with van der Waals surface area (Å²) in [6.07, 6.45) is 2.24. The third-order valence-corrected chi connectivity index (χ3v) is 3.37. The first kappa shape index (κ1) is 14.8. The maximum Gasteiger partial charge on any atom is 0.234 e. The van der Waals surface area contributed by atoms with Crippen molar-refractivity contribution >= 4 is 5.91 Å². The molecule has 1 saturated carbocycles. The summed E-state index contributed by atoms with van der Waals surface area (Å²) in [5.74, 6) is 0.910. The molecule has 1 aliphatic carbocycles. The fourth-order valence-corrected chi connectivity index (χ4v) is 2.20. The van der Waals surface area contributed by atoms with Crippen LogP contribution in [0.3, 0.4) is 0 Å². The highest BCUT2D eigenvalue weighted by Crippen LogP contribution is 2.20. The van der Waals surface area contributed by atoms with Gasteiger partial charge in [0, 0.05) is 24.7 Å². The van der Waals surface area contributed by atoms with Gasteiger partial charge in [0.15, 0.2) is 0 Å². The van der Waals surface area contributed by atoms with E-state index in [0.29, 0.717) is 19.1 Å². The molecule has 0 aromatic heterocycles. The van der Waals surface area contributed by atoms with E-state index in [4.69, 9.17) is 10.5 Å². The normalized spacial score (nSPS) is 14.4.